The summed E-state index contributed by atoms with van der Waals surface area (Å²) in [6.07, 6.45) is 5.91. The molecule has 1 aromatic rings. The molecule has 2 aliphatic heterocycles. The van der Waals surface area contributed by atoms with E-state index >= 15 is 4.39 Å². The van der Waals surface area contributed by atoms with E-state index in [1.165, 1.54) is 17.7 Å². The van der Waals surface area contributed by atoms with Crippen LogP contribution in [-0.2, 0) is 19.5 Å². The lowest BCUT2D eigenvalue weighted by molar-refractivity contribution is -0.110. The summed E-state index contributed by atoms with van der Waals surface area (Å²) < 4.78 is 64.6. The van der Waals surface area contributed by atoms with E-state index in [2.05, 4.69) is 9.97 Å². The SMILES string of the molecule is COCCS(=O)(=O)N1CCC(Oc2ncnc(OC3(C)C4CCCC3CN(C(=O)OC3(C)CC3)C4)c2F)CC1. The number of methoxy groups -OCH3 is 1. The lowest BCUT2D eigenvalue weighted by Gasteiger charge is -2.53. The number of hydrogen-bond donors (Lipinski definition) is 0. The van der Waals surface area contributed by atoms with Gasteiger partial charge in [0, 0.05) is 45.1 Å². The van der Waals surface area contributed by atoms with Crippen LogP contribution in [0.15, 0.2) is 6.33 Å². The fourth-order valence-electron chi connectivity index (χ4n) is 5.94. The van der Waals surface area contributed by atoms with Crippen molar-refractivity contribution in [1.29, 1.82) is 0 Å². The molecule has 2 atom stereocenters. The highest BCUT2D eigenvalue weighted by Crippen LogP contribution is 2.47. The van der Waals surface area contributed by atoms with Crippen LogP contribution in [0.3, 0.4) is 0 Å². The van der Waals surface area contributed by atoms with Crippen LogP contribution in [0.1, 0.15) is 58.8 Å². The second-order valence-electron chi connectivity index (χ2n) is 11.7. The molecule has 39 heavy (non-hydrogen) atoms. The third-order valence-corrected chi connectivity index (χ3v) is 10.6. The molecule has 1 aromatic heterocycles. The highest BCUT2D eigenvalue weighted by Gasteiger charge is 2.53. The maximum Gasteiger partial charge on any atom is 0.410 e. The quantitative estimate of drug-likeness (QED) is 0.441. The van der Waals surface area contributed by atoms with Gasteiger partial charge in [-0.2, -0.15) is 14.4 Å². The Kier molecular flexibility index (Phi) is 7.95. The van der Waals surface area contributed by atoms with Crippen LogP contribution in [0.4, 0.5) is 9.18 Å². The summed E-state index contributed by atoms with van der Waals surface area (Å²) in [5.74, 6) is -1.19. The zero-order valence-corrected chi connectivity index (χ0v) is 23.8. The minimum Gasteiger partial charge on any atom is -0.472 e. The van der Waals surface area contributed by atoms with Gasteiger partial charge in [0.15, 0.2) is 0 Å². The van der Waals surface area contributed by atoms with Gasteiger partial charge in [0.2, 0.25) is 15.8 Å². The molecule has 1 amide bonds. The Morgan fingerprint density at radius 2 is 1.72 bits per heavy atom. The van der Waals surface area contributed by atoms with Crippen molar-refractivity contribution in [1.82, 2.24) is 19.2 Å². The Morgan fingerprint density at radius 3 is 2.33 bits per heavy atom. The van der Waals surface area contributed by atoms with Gasteiger partial charge in [-0.15, -0.1) is 0 Å². The largest absolute Gasteiger partial charge is 0.472 e. The maximum absolute atomic E-state index is 15.6. The summed E-state index contributed by atoms with van der Waals surface area (Å²) in [5, 5.41) is 0. The van der Waals surface area contributed by atoms with Crippen LogP contribution in [0.25, 0.3) is 0 Å². The molecular weight excluding hydrogens is 531 g/mol. The van der Waals surface area contributed by atoms with Gasteiger partial charge in [-0.1, -0.05) is 6.42 Å². The molecule has 2 aliphatic carbocycles. The molecule has 11 nitrogen and oxygen atoms in total. The number of carbonyl (C=O) groups is 1. The number of sulfonamides is 1. The Morgan fingerprint density at radius 1 is 1.08 bits per heavy atom. The van der Waals surface area contributed by atoms with Gasteiger partial charge < -0.3 is 23.8 Å². The third-order valence-electron chi connectivity index (χ3n) is 8.81. The van der Waals surface area contributed by atoms with Gasteiger partial charge >= 0.3 is 6.09 Å². The highest BCUT2D eigenvalue weighted by molar-refractivity contribution is 7.89. The lowest BCUT2D eigenvalue weighted by atomic mass is 9.66. The first kappa shape index (κ1) is 28.3. The van der Waals surface area contributed by atoms with E-state index in [1.54, 1.807) is 4.90 Å². The van der Waals surface area contributed by atoms with E-state index < -0.39 is 21.4 Å². The van der Waals surface area contributed by atoms with Gasteiger partial charge in [-0.05, 0) is 52.4 Å². The standard InChI is InChI=1S/C26H39FN4O7S/c1-25(9-10-25)38-24(32)30-15-18-5-4-6-19(16-30)26(18,2)37-23-21(27)22(28-17-29-23)36-20-7-11-31(12-8-20)39(33,34)14-13-35-3/h17-20H,4-16H2,1-3H3. The molecular formula is C26H39FN4O7S. The van der Waals surface area contributed by atoms with Crippen molar-refractivity contribution in [3.05, 3.63) is 12.1 Å². The summed E-state index contributed by atoms with van der Waals surface area (Å²) in [6, 6.07) is 0. The first-order valence-corrected chi connectivity index (χ1v) is 15.4. The zero-order chi connectivity index (χ0) is 27.8. The van der Waals surface area contributed by atoms with Gasteiger partial charge in [-0.25, -0.2) is 17.5 Å². The third kappa shape index (κ3) is 6.09. The molecule has 0 N–H and O–H groups in total. The van der Waals surface area contributed by atoms with Crippen molar-refractivity contribution in [3.63, 3.8) is 0 Å². The second-order valence-corrected chi connectivity index (χ2v) is 13.7. The molecule has 0 aromatic carbocycles. The molecule has 2 bridgehead atoms. The summed E-state index contributed by atoms with van der Waals surface area (Å²) in [7, 11) is -1.94. The van der Waals surface area contributed by atoms with Crippen molar-refractivity contribution in [3.8, 4) is 11.8 Å². The highest BCUT2D eigenvalue weighted by atomic mass is 32.2. The van der Waals surface area contributed by atoms with E-state index in [0.29, 0.717) is 25.9 Å². The second kappa shape index (κ2) is 11.0. The normalized spacial score (nSPS) is 29.1. The average Bonchev–Trinajstić information content (AvgIpc) is 3.61. The summed E-state index contributed by atoms with van der Waals surface area (Å²) >= 11 is 0. The fraction of sp³-hybridized carbons (Fsp3) is 0.808. The van der Waals surface area contributed by atoms with E-state index in [4.69, 9.17) is 18.9 Å². The molecule has 2 unspecified atom stereocenters. The van der Waals surface area contributed by atoms with E-state index in [-0.39, 0.29) is 66.8 Å². The number of hydrogen-bond acceptors (Lipinski definition) is 9. The van der Waals surface area contributed by atoms with E-state index in [9.17, 15) is 13.2 Å². The molecule has 2 saturated carbocycles. The minimum atomic E-state index is -3.40. The smallest absolute Gasteiger partial charge is 0.410 e. The molecule has 4 aliphatic rings. The number of aromatic nitrogens is 2. The molecule has 4 fully saturated rings. The van der Waals surface area contributed by atoms with Crippen LogP contribution < -0.4 is 9.47 Å². The Hall–Kier alpha value is -2.25. The van der Waals surface area contributed by atoms with Gasteiger partial charge in [0.1, 0.15) is 23.6 Å². The number of nitrogens with zero attached hydrogens (tertiary/aromatic N) is 4. The van der Waals surface area contributed by atoms with Crippen LogP contribution >= 0.6 is 0 Å². The number of piperidine rings is 2. The van der Waals surface area contributed by atoms with Crippen molar-refractivity contribution in [2.24, 2.45) is 11.8 Å². The fourth-order valence-corrected chi connectivity index (χ4v) is 7.34. The number of halogens is 1. The molecule has 13 heteroatoms. The van der Waals surface area contributed by atoms with Gasteiger partial charge in [0.25, 0.3) is 11.8 Å². The number of amides is 1. The maximum atomic E-state index is 15.6. The van der Waals surface area contributed by atoms with Gasteiger partial charge in [-0.3, -0.25) is 0 Å². The van der Waals surface area contributed by atoms with E-state index in [0.717, 1.165) is 32.1 Å². The number of carbonyl (C=O) groups excluding carboxylic acids is 1. The molecule has 0 radical (unpaired) electrons. The first-order chi connectivity index (χ1) is 18.5. The zero-order valence-electron chi connectivity index (χ0n) is 22.9. The number of likely N-dealkylation sites (tertiary alicyclic amines) is 1. The lowest BCUT2D eigenvalue weighted by Crippen LogP contribution is -2.62. The van der Waals surface area contributed by atoms with Crippen molar-refractivity contribution in [2.75, 3.05) is 45.6 Å². The first-order valence-electron chi connectivity index (χ1n) is 13.8. The van der Waals surface area contributed by atoms with Gasteiger partial charge in [0.05, 0.1) is 12.4 Å². The van der Waals surface area contributed by atoms with Crippen molar-refractivity contribution in [2.45, 2.75) is 76.1 Å². The summed E-state index contributed by atoms with van der Waals surface area (Å²) in [4.78, 5) is 22.6. The minimum absolute atomic E-state index is 0.00711. The Labute approximate surface area is 229 Å². The summed E-state index contributed by atoms with van der Waals surface area (Å²) in [6.45, 7) is 5.62. The molecule has 3 heterocycles. The van der Waals surface area contributed by atoms with Crippen molar-refractivity contribution < 1.29 is 36.6 Å². The Bertz CT molecular complexity index is 1140. The van der Waals surface area contributed by atoms with Crippen LogP contribution in [0, 0.1) is 17.7 Å². The van der Waals surface area contributed by atoms with Crippen LogP contribution in [0.5, 0.6) is 11.8 Å². The Balaban J connectivity index is 1.22. The topological polar surface area (TPSA) is 120 Å². The molecule has 2 saturated heterocycles. The number of fused-ring (bicyclic) bond motifs is 2. The summed E-state index contributed by atoms with van der Waals surface area (Å²) in [5.41, 5.74) is -1.04. The number of ether oxygens (including phenoxy) is 4. The van der Waals surface area contributed by atoms with Crippen LogP contribution in [-0.4, -0.2) is 96.6 Å². The molecule has 0 spiro atoms. The number of rotatable bonds is 9. The predicted molar refractivity (Wildman–Crippen MR) is 138 cm³/mol. The average molecular weight is 571 g/mol. The van der Waals surface area contributed by atoms with E-state index in [1.807, 2.05) is 13.8 Å². The molecule has 218 valence electrons. The van der Waals surface area contributed by atoms with Crippen molar-refractivity contribution >= 4 is 16.1 Å². The molecule has 5 rings (SSSR count). The predicted octanol–water partition coefficient (Wildman–Crippen LogP) is 2.99. The van der Waals surface area contributed by atoms with Crippen LogP contribution in [0.2, 0.25) is 0 Å². The monoisotopic (exact) mass is 570 g/mol.